The van der Waals surface area contributed by atoms with Gasteiger partial charge in [-0.1, -0.05) is 0 Å². The lowest BCUT2D eigenvalue weighted by Gasteiger charge is -2.28. The minimum absolute atomic E-state index is 0.264. The molecule has 0 amide bonds. The number of halogens is 3. The second kappa shape index (κ2) is 5.61. The van der Waals surface area contributed by atoms with Crippen molar-refractivity contribution >= 4 is 5.97 Å². The molecule has 0 atom stereocenters. The van der Waals surface area contributed by atoms with Crippen molar-refractivity contribution in [3.8, 4) is 0 Å². The molecular formula is C13H14F3NO2. The molecule has 0 aliphatic carbocycles. The highest BCUT2D eigenvalue weighted by atomic mass is 19.2. The highest BCUT2D eigenvalue weighted by Crippen LogP contribution is 2.18. The predicted molar refractivity (Wildman–Crippen MR) is 62.3 cm³/mol. The lowest BCUT2D eigenvalue weighted by molar-refractivity contribution is 0.0138. The first-order chi connectivity index (χ1) is 8.97. The molecule has 104 valence electrons. The van der Waals surface area contributed by atoms with Crippen LogP contribution < -0.4 is 0 Å². The van der Waals surface area contributed by atoms with Crippen molar-refractivity contribution in [1.82, 2.24) is 4.90 Å². The van der Waals surface area contributed by atoms with E-state index in [1.165, 1.54) is 0 Å². The highest BCUT2D eigenvalue weighted by molar-refractivity contribution is 5.89. The maximum absolute atomic E-state index is 13.0. The van der Waals surface area contributed by atoms with Crippen LogP contribution in [-0.4, -0.2) is 37.1 Å². The zero-order valence-electron chi connectivity index (χ0n) is 10.5. The Kier molecular flexibility index (Phi) is 4.09. The number of carbonyl (C=O) groups excluding carboxylic acids is 1. The van der Waals surface area contributed by atoms with Crippen molar-refractivity contribution in [2.24, 2.45) is 0 Å². The summed E-state index contributed by atoms with van der Waals surface area (Å²) in [4.78, 5) is 13.8. The van der Waals surface area contributed by atoms with Crippen LogP contribution in [0, 0.1) is 17.5 Å². The second-order valence-corrected chi connectivity index (χ2v) is 4.66. The number of benzene rings is 1. The lowest BCUT2D eigenvalue weighted by Crippen LogP contribution is -2.35. The molecule has 2 rings (SSSR count). The van der Waals surface area contributed by atoms with Crippen LogP contribution in [0.2, 0.25) is 0 Å². The van der Waals surface area contributed by atoms with Gasteiger partial charge in [-0.05, 0) is 32.0 Å². The van der Waals surface area contributed by atoms with E-state index in [4.69, 9.17) is 4.74 Å². The van der Waals surface area contributed by atoms with Crippen LogP contribution in [-0.2, 0) is 4.74 Å². The average molecular weight is 273 g/mol. The molecular weight excluding hydrogens is 259 g/mol. The molecule has 0 N–H and O–H groups in total. The predicted octanol–water partition coefficient (Wildman–Crippen LogP) is 2.35. The Balaban J connectivity index is 2.04. The van der Waals surface area contributed by atoms with Crippen LogP contribution in [0.4, 0.5) is 13.2 Å². The third-order valence-corrected chi connectivity index (χ3v) is 3.16. The number of nitrogens with zero attached hydrogens (tertiary/aromatic N) is 1. The maximum atomic E-state index is 13.0. The minimum atomic E-state index is -1.59. The molecule has 1 heterocycles. The maximum Gasteiger partial charge on any atom is 0.338 e. The fraction of sp³-hybridized carbons (Fsp3) is 0.462. The molecule has 19 heavy (non-hydrogen) atoms. The van der Waals surface area contributed by atoms with Gasteiger partial charge in [-0.25, -0.2) is 18.0 Å². The quantitative estimate of drug-likeness (QED) is 0.612. The largest absolute Gasteiger partial charge is 0.459 e. The van der Waals surface area contributed by atoms with Crippen LogP contribution in [0.3, 0.4) is 0 Å². The van der Waals surface area contributed by atoms with Gasteiger partial charge >= 0.3 is 5.97 Å². The molecule has 1 aromatic rings. The fourth-order valence-corrected chi connectivity index (χ4v) is 2.00. The first kappa shape index (κ1) is 13.9. The number of carbonyl (C=O) groups is 1. The number of rotatable bonds is 2. The Labute approximate surface area is 109 Å². The van der Waals surface area contributed by atoms with Crippen molar-refractivity contribution in [3.63, 3.8) is 0 Å². The Hall–Kier alpha value is -1.56. The Morgan fingerprint density at radius 3 is 2.26 bits per heavy atom. The summed E-state index contributed by atoms with van der Waals surface area (Å²) in [5.74, 6) is -5.20. The summed E-state index contributed by atoms with van der Waals surface area (Å²) in [6.07, 6.45) is 1.09. The number of piperidine rings is 1. The van der Waals surface area contributed by atoms with Gasteiger partial charge in [-0.15, -0.1) is 0 Å². The van der Waals surface area contributed by atoms with Crippen LogP contribution in [0.25, 0.3) is 0 Å². The van der Waals surface area contributed by atoms with E-state index >= 15 is 0 Å². The zero-order valence-corrected chi connectivity index (χ0v) is 10.5. The Morgan fingerprint density at radius 2 is 1.74 bits per heavy atom. The van der Waals surface area contributed by atoms with Gasteiger partial charge in [0, 0.05) is 13.1 Å². The SMILES string of the molecule is CN1CCC(OC(=O)c2cc(F)c(F)c(F)c2)CC1. The zero-order chi connectivity index (χ0) is 14.0. The molecule has 0 aromatic heterocycles. The number of likely N-dealkylation sites (tertiary alicyclic amines) is 1. The van der Waals surface area contributed by atoms with Gasteiger partial charge in [0.1, 0.15) is 6.10 Å². The molecule has 0 saturated carbocycles. The second-order valence-electron chi connectivity index (χ2n) is 4.66. The summed E-state index contributed by atoms with van der Waals surface area (Å²) in [6, 6.07) is 1.30. The average Bonchev–Trinajstić information content (AvgIpc) is 2.38. The summed E-state index contributed by atoms with van der Waals surface area (Å²) < 4.78 is 43.9. The van der Waals surface area contributed by atoms with E-state index in [9.17, 15) is 18.0 Å². The van der Waals surface area contributed by atoms with E-state index in [0.717, 1.165) is 13.1 Å². The third-order valence-electron chi connectivity index (χ3n) is 3.16. The van der Waals surface area contributed by atoms with Crippen LogP contribution in [0.1, 0.15) is 23.2 Å². The molecule has 1 aromatic carbocycles. The number of esters is 1. The normalized spacial score (nSPS) is 17.5. The summed E-state index contributed by atoms with van der Waals surface area (Å²) in [5.41, 5.74) is -0.310. The molecule has 0 radical (unpaired) electrons. The van der Waals surface area contributed by atoms with Crippen molar-refractivity contribution in [2.45, 2.75) is 18.9 Å². The van der Waals surface area contributed by atoms with Gasteiger partial charge in [0.15, 0.2) is 17.5 Å². The van der Waals surface area contributed by atoms with Crippen molar-refractivity contribution in [1.29, 1.82) is 0 Å². The first-order valence-electron chi connectivity index (χ1n) is 6.01. The monoisotopic (exact) mass is 273 g/mol. The van der Waals surface area contributed by atoms with Crippen molar-refractivity contribution in [3.05, 3.63) is 35.1 Å². The number of ether oxygens (including phenoxy) is 1. The van der Waals surface area contributed by atoms with Gasteiger partial charge in [0.25, 0.3) is 0 Å². The van der Waals surface area contributed by atoms with E-state index in [-0.39, 0.29) is 11.7 Å². The fourth-order valence-electron chi connectivity index (χ4n) is 2.00. The Morgan fingerprint density at radius 1 is 1.21 bits per heavy atom. The minimum Gasteiger partial charge on any atom is -0.459 e. The highest BCUT2D eigenvalue weighted by Gasteiger charge is 2.22. The van der Waals surface area contributed by atoms with E-state index < -0.39 is 23.4 Å². The third kappa shape index (κ3) is 3.26. The summed E-state index contributed by atoms with van der Waals surface area (Å²) >= 11 is 0. The molecule has 0 bridgehead atoms. The first-order valence-corrected chi connectivity index (χ1v) is 6.01. The van der Waals surface area contributed by atoms with E-state index in [2.05, 4.69) is 4.90 Å². The van der Waals surface area contributed by atoms with E-state index in [0.29, 0.717) is 25.0 Å². The van der Waals surface area contributed by atoms with Crippen molar-refractivity contribution in [2.75, 3.05) is 20.1 Å². The molecule has 6 heteroatoms. The van der Waals surface area contributed by atoms with Gasteiger partial charge in [-0.3, -0.25) is 0 Å². The van der Waals surface area contributed by atoms with E-state index in [1.54, 1.807) is 0 Å². The molecule has 0 spiro atoms. The molecule has 1 aliphatic heterocycles. The molecule has 1 fully saturated rings. The summed E-state index contributed by atoms with van der Waals surface area (Å²) in [6.45, 7) is 1.59. The topological polar surface area (TPSA) is 29.5 Å². The van der Waals surface area contributed by atoms with E-state index in [1.807, 2.05) is 7.05 Å². The van der Waals surface area contributed by atoms with Crippen molar-refractivity contribution < 1.29 is 22.7 Å². The Bertz CT molecular complexity index is 462. The van der Waals surface area contributed by atoms with Crippen LogP contribution in [0.5, 0.6) is 0 Å². The molecule has 0 unspecified atom stereocenters. The smallest absolute Gasteiger partial charge is 0.338 e. The van der Waals surface area contributed by atoms with Gasteiger partial charge in [-0.2, -0.15) is 0 Å². The summed E-state index contributed by atoms with van der Waals surface area (Å²) in [7, 11) is 1.96. The summed E-state index contributed by atoms with van der Waals surface area (Å²) in [5, 5.41) is 0. The van der Waals surface area contributed by atoms with Crippen LogP contribution in [0.15, 0.2) is 12.1 Å². The number of hydrogen-bond donors (Lipinski definition) is 0. The molecule has 1 saturated heterocycles. The molecule has 3 nitrogen and oxygen atoms in total. The lowest BCUT2D eigenvalue weighted by atomic mass is 10.1. The van der Waals surface area contributed by atoms with Gasteiger partial charge in [0.05, 0.1) is 5.56 Å². The van der Waals surface area contributed by atoms with Gasteiger partial charge in [0.2, 0.25) is 0 Å². The molecule has 1 aliphatic rings. The number of hydrogen-bond acceptors (Lipinski definition) is 3. The standard InChI is InChI=1S/C13H14F3NO2/c1-17-4-2-9(3-5-17)19-13(18)8-6-10(14)12(16)11(15)7-8/h6-7,9H,2-5H2,1H3. The van der Waals surface area contributed by atoms with Gasteiger partial charge < -0.3 is 9.64 Å². The van der Waals surface area contributed by atoms with Crippen LogP contribution >= 0.6 is 0 Å².